The zero-order valence-electron chi connectivity index (χ0n) is 8.98. The van der Waals surface area contributed by atoms with E-state index < -0.39 is 6.10 Å². The Labute approximate surface area is 117 Å². The fourth-order valence-electron chi connectivity index (χ4n) is 1.45. The zero-order valence-corrected chi connectivity index (χ0v) is 12.1. The summed E-state index contributed by atoms with van der Waals surface area (Å²) < 4.78 is 6.53. The molecule has 1 N–H and O–H groups in total. The number of hydrogen-bond acceptors (Lipinski definition) is 3. The van der Waals surface area contributed by atoms with Crippen LogP contribution in [0.1, 0.15) is 16.5 Å². The van der Waals surface area contributed by atoms with Crippen molar-refractivity contribution in [2.24, 2.45) is 0 Å². The number of aliphatic hydroxyl groups is 1. The zero-order chi connectivity index (χ0) is 12.4. The molecule has 0 aliphatic rings. The Morgan fingerprint density at radius 3 is 2.47 bits per heavy atom. The van der Waals surface area contributed by atoms with Crippen LogP contribution in [-0.4, -0.2) is 12.2 Å². The molecule has 90 valence electrons. The molecule has 5 heteroatoms. The maximum atomic E-state index is 10.2. The summed E-state index contributed by atoms with van der Waals surface area (Å²) in [6.45, 7) is 0. The molecule has 2 aromatic rings. The van der Waals surface area contributed by atoms with E-state index in [1.165, 1.54) is 11.3 Å². The molecule has 0 amide bonds. The minimum atomic E-state index is -0.658. The van der Waals surface area contributed by atoms with Gasteiger partial charge in [0.2, 0.25) is 0 Å². The van der Waals surface area contributed by atoms with Crippen molar-refractivity contribution >= 4 is 38.9 Å². The highest BCUT2D eigenvalue weighted by atomic mass is 79.9. The molecular formula is C12H10BrClO2S. The van der Waals surface area contributed by atoms with Gasteiger partial charge in [0.25, 0.3) is 0 Å². The average molecular weight is 334 g/mol. The summed E-state index contributed by atoms with van der Waals surface area (Å²) in [6.07, 6.45) is -0.658. The quantitative estimate of drug-likeness (QED) is 0.909. The van der Waals surface area contributed by atoms with Crippen molar-refractivity contribution in [2.75, 3.05) is 7.11 Å². The summed E-state index contributed by atoms with van der Waals surface area (Å²) in [7, 11) is 1.61. The lowest BCUT2D eigenvalue weighted by Gasteiger charge is -2.09. The second kappa shape index (κ2) is 5.40. The third-order valence-corrected chi connectivity index (χ3v) is 4.89. The van der Waals surface area contributed by atoms with Crippen LogP contribution in [0.5, 0.6) is 5.75 Å². The Bertz CT molecular complexity index is 490. The largest absolute Gasteiger partial charge is 0.497 e. The Morgan fingerprint density at radius 2 is 2.00 bits per heavy atom. The second-order valence-electron chi connectivity index (χ2n) is 3.45. The van der Waals surface area contributed by atoms with Crippen LogP contribution >= 0.6 is 38.9 Å². The number of aliphatic hydroxyl groups excluding tert-OH is 1. The molecule has 0 radical (unpaired) electrons. The second-order valence-corrected chi connectivity index (χ2v) is 5.99. The van der Waals surface area contributed by atoms with Gasteiger partial charge in [0.15, 0.2) is 0 Å². The lowest BCUT2D eigenvalue weighted by atomic mass is 10.1. The van der Waals surface area contributed by atoms with Crippen LogP contribution in [0, 0.1) is 0 Å². The first-order chi connectivity index (χ1) is 8.11. The first kappa shape index (κ1) is 12.9. The van der Waals surface area contributed by atoms with E-state index in [0.29, 0.717) is 4.34 Å². The standard InChI is InChI=1S/C12H10BrClO2S/c1-16-8-4-2-7(3-5-8)11(15)10-6-9(13)12(14)17-10/h2-6,11,15H,1H3. The minimum Gasteiger partial charge on any atom is -0.497 e. The molecule has 2 nitrogen and oxygen atoms in total. The highest BCUT2D eigenvalue weighted by molar-refractivity contribution is 9.10. The van der Waals surface area contributed by atoms with Crippen molar-refractivity contribution in [3.05, 3.63) is 49.6 Å². The van der Waals surface area contributed by atoms with Gasteiger partial charge < -0.3 is 9.84 Å². The minimum absolute atomic E-state index is 0.646. The predicted octanol–water partition coefficient (Wildman–Crippen LogP) is 4.25. The van der Waals surface area contributed by atoms with Crippen LogP contribution in [-0.2, 0) is 0 Å². The van der Waals surface area contributed by atoms with Gasteiger partial charge in [-0.15, -0.1) is 11.3 Å². The van der Waals surface area contributed by atoms with Crippen molar-refractivity contribution in [2.45, 2.75) is 6.10 Å². The van der Waals surface area contributed by atoms with Crippen LogP contribution in [0.2, 0.25) is 4.34 Å². The predicted molar refractivity (Wildman–Crippen MR) is 74.1 cm³/mol. The molecule has 17 heavy (non-hydrogen) atoms. The Kier molecular flexibility index (Phi) is 4.09. The van der Waals surface area contributed by atoms with Crippen molar-refractivity contribution in [3.8, 4) is 5.75 Å². The van der Waals surface area contributed by atoms with Gasteiger partial charge in [-0.05, 0) is 39.7 Å². The molecule has 0 saturated carbocycles. The van der Waals surface area contributed by atoms with Crippen LogP contribution in [0.4, 0.5) is 0 Å². The highest BCUT2D eigenvalue weighted by Crippen LogP contribution is 2.37. The number of hydrogen-bond donors (Lipinski definition) is 1. The molecule has 0 bridgehead atoms. The van der Waals surface area contributed by atoms with Crippen LogP contribution < -0.4 is 4.74 Å². The number of ether oxygens (including phenoxy) is 1. The summed E-state index contributed by atoms with van der Waals surface area (Å²) in [5.74, 6) is 0.770. The third-order valence-electron chi connectivity index (χ3n) is 2.37. The number of benzene rings is 1. The van der Waals surface area contributed by atoms with Gasteiger partial charge in [-0.25, -0.2) is 0 Å². The normalized spacial score (nSPS) is 12.5. The molecule has 0 spiro atoms. The molecule has 2 rings (SSSR count). The van der Waals surface area contributed by atoms with Gasteiger partial charge in [-0.2, -0.15) is 0 Å². The van der Waals surface area contributed by atoms with Gasteiger partial charge in [0.1, 0.15) is 16.2 Å². The molecule has 0 aliphatic heterocycles. The molecule has 0 saturated heterocycles. The van der Waals surface area contributed by atoms with Gasteiger partial charge in [-0.1, -0.05) is 23.7 Å². The van der Waals surface area contributed by atoms with Crippen molar-refractivity contribution in [1.82, 2.24) is 0 Å². The van der Waals surface area contributed by atoms with Crippen molar-refractivity contribution in [3.63, 3.8) is 0 Å². The first-order valence-corrected chi connectivity index (χ1v) is 6.87. The number of thiophene rings is 1. The SMILES string of the molecule is COc1ccc(C(O)c2cc(Br)c(Cl)s2)cc1. The fraction of sp³-hybridized carbons (Fsp3) is 0.167. The summed E-state index contributed by atoms with van der Waals surface area (Å²) in [6, 6.07) is 9.16. The highest BCUT2D eigenvalue weighted by Gasteiger charge is 2.15. The van der Waals surface area contributed by atoms with E-state index in [0.717, 1.165) is 20.7 Å². The van der Waals surface area contributed by atoms with E-state index in [-0.39, 0.29) is 0 Å². The number of halogens is 2. The maximum Gasteiger partial charge on any atom is 0.118 e. The number of methoxy groups -OCH3 is 1. The van der Waals surface area contributed by atoms with E-state index in [1.807, 2.05) is 30.3 Å². The molecule has 0 fully saturated rings. The summed E-state index contributed by atoms with van der Waals surface area (Å²) in [5, 5.41) is 10.2. The molecule has 1 heterocycles. The van der Waals surface area contributed by atoms with Crippen molar-refractivity contribution < 1.29 is 9.84 Å². The lowest BCUT2D eigenvalue weighted by Crippen LogP contribution is -1.96. The molecule has 1 aromatic heterocycles. The monoisotopic (exact) mass is 332 g/mol. The average Bonchev–Trinajstić information content (AvgIpc) is 2.69. The third kappa shape index (κ3) is 2.83. The van der Waals surface area contributed by atoms with Crippen LogP contribution in [0.15, 0.2) is 34.8 Å². The lowest BCUT2D eigenvalue weighted by molar-refractivity contribution is 0.224. The smallest absolute Gasteiger partial charge is 0.118 e. The van der Waals surface area contributed by atoms with Crippen molar-refractivity contribution in [1.29, 1.82) is 0 Å². The van der Waals surface area contributed by atoms with E-state index in [4.69, 9.17) is 16.3 Å². The van der Waals surface area contributed by atoms with E-state index in [9.17, 15) is 5.11 Å². The maximum absolute atomic E-state index is 10.2. The van der Waals surface area contributed by atoms with Gasteiger partial charge >= 0.3 is 0 Å². The molecule has 0 aliphatic carbocycles. The Balaban J connectivity index is 2.26. The molecule has 1 unspecified atom stereocenters. The Morgan fingerprint density at radius 1 is 1.35 bits per heavy atom. The van der Waals surface area contributed by atoms with E-state index in [2.05, 4.69) is 15.9 Å². The van der Waals surface area contributed by atoms with Gasteiger partial charge in [0.05, 0.1) is 7.11 Å². The van der Waals surface area contributed by atoms with E-state index >= 15 is 0 Å². The summed E-state index contributed by atoms with van der Waals surface area (Å²) in [4.78, 5) is 0.812. The molecule has 1 atom stereocenters. The Hall–Kier alpha value is -0.550. The summed E-state index contributed by atoms with van der Waals surface area (Å²) >= 11 is 10.6. The van der Waals surface area contributed by atoms with Gasteiger partial charge in [-0.3, -0.25) is 0 Å². The van der Waals surface area contributed by atoms with Crippen LogP contribution in [0.25, 0.3) is 0 Å². The molecule has 1 aromatic carbocycles. The fourth-order valence-corrected chi connectivity index (χ4v) is 3.20. The van der Waals surface area contributed by atoms with E-state index in [1.54, 1.807) is 7.11 Å². The van der Waals surface area contributed by atoms with Gasteiger partial charge in [0, 0.05) is 9.35 Å². The topological polar surface area (TPSA) is 29.5 Å². The summed E-state index contributed by atoms with van der Waals surface area (Å²) in [5.41, 5.74) is 0.816. The molecular weight excluding hydrogens is 324 g/mol. The number of rotatable bonds is 3. The first-order valence-electron chi connectivity index (χ1n) is 4.88. The van der Waals surface area contributed by atoms with Crippen LogP contribution in [0.3, 0.4) is 0 Å².